The summed E-state index contributed by atoms with van der Waals surface area (Å²) in [6, 6.07) is 7.27. The van der Waals surface area contributed by atoms with Gasteiger partial charge in [0.1, 0.15) is 0 Å². The number of carboxylic acids is 1. The molecule has 5 heteroatoms. The number of benzene rings is 1. The van der Waals surface area contributed by atoms with E-state index in [9.17, 15) is 19.8 Å². The lowest BCUT2D eigenvalue weighted by molar-refractivity contribution is -0.159. The number of ether oxygens (including phenoxy) is 1. The number of fused-ring (bicyclic) bond motifs is 1. The highest BCUT2D eigenvalue weighted by molar-refractivity contribution is 6.06. The average molecular weight is 274 g/mol. The number of rotatable bonds is 3. The lowest BCUT2D eigenvalue weighted by Crippen LogP contribution is -2.29. The minimum absolute atomic E-state index is 0.210. The molecule has 5 nitrogen and oxygen atoms in total. The summed E-state index contributed by atoms with van der Waals surface area (Å²) >= 11 is 0. The van der Waals surface area contributed by atoms with Crippen molar-refractivity contribution in [2.75, 3.05) is 7.11 Å². The molecule has 0 radical (unpaired) electrons. The van der Waals surface area contributed by atoms with Crippen LogP contribution in [0.2, 0.25) is 0 Å². The van der Waals surface area contributed by atoms with Crippen molar-refractivity contribution in [1.82, 2.24) is 0 Å². The summed E-state index contributed by atoms with van der Waals surface area (Å²) in [5.41, 5.74) is 0.786. The first-order valence-corrected chi connectivity index (χ1v) is 6.33. The zero-order valence-electron chi connectivity index (χ0n) is 10.9. The van der Waals surface area contributed by atoms with Crippen LogP contribution in [0.3, 0.4) is 0 Å². The molecule has 0 bridgehead atoms. The molecule has 0 heterocycles. The second-order valence-electron chi connectivity index (χ2n) is 5.18. The Kier molecular flexibility index (Phi) is 2.69. The van der Waals surface area contributed by atoms with Gasteiger partial charge in [0.15, 0.2) is 5.41 Å². The van der Waals surface area contributed by atoms with Crippen molar-refractivity contribution >= 4 is 17.5 Å². The molecule has 1 aromatic rings. The Bertz CT molecular complexity index is 633. The van der Waals surface area contributed by atoms with E-state index in [1.807, 2.05) is 18.2 Å². The lowest BCUT2D eigenvalue weighted by Gasteiger charge is -2.11. The summed E-state index contributed by atoms with van der Waals surface area (Å²) in [6.45, 7) is 0. The Hall–Kier alpha value is -2.14. The van der Waals surface area contributed by atoms with Gasteiger partial charge in [-0.25, -0.2) is 0 Å². The molecule has 1 aromatic carbocycles. The fraction of sp³-hybridized carbons (Fsp3) is 0.333. The second kappa shape index (κ2) is 4.18. The highest BCUT2D eigenvalue weighted by Crippen LogP contribution is 2.61. The number of carbonyl (C=O) groups is 2. The number of methoxy groups -OCH3 is 1. The van der Waals surface area contributed by atoms with E-state index in [-0.39, 0.29) is 6.42 Å². The Morgan fingerprint density at radius 3 is 2.70 bits per heavy atom. The van der Waals surface area contributed by atoms with Crippen LogP contribution in [0.4, 0.5) is 0 Å². The SMILES string of the molecule is COC(=O)C1(C(=O)O)CC1C1=CC(O)c2ccccc21. The summed E-state index contributed by atoms with van der Waals surface area (Å²) in [5, 5.41) is 19.4. The molecule has 0 saturated heterocycles. The van der Waals surface area contributed by atoms with Crippen LogP contribution < -0.4 is 0 Å². The van der Waals surface area contributed by atoms with Crippen molar-refractivity contribution in [3.05, 3.63) is 41.5 Å². The molecule has 0 aromatic heterocycles. The molecule has 3 unspecified atom stereocenters. The molecule has 2 aliphatic rings. The first-order valence-electron chi connectivity index (χ1n) is 6.33. The summed E-state index contributed by atoms with van der Waals surface area (Å²) in [4.78, 5) is 23.3. The van der Waals surface area contributed by atoms with E-state index in [1.54, 1.807) is 12.1 Å². The number of hydrogen-bond donors (Lipinski definition) is 2. The van der Waals surface area contributed by atoms with Gasteiger partial charge in [-0.15, -0.1) is 0 Å². The maximum absolute atomic E-state index is 11.8. The molecule has 0 aliphatic heterocycles. The van der Waals surface area contributed by atoms with Crippen LogP contribution in [0, 0.1) is 11.3 Å². The monoisotopic (exact) mass is 274 g/mol. The van der Waals surface area contributed by atoms with Crippen LogP contribution in [0.15, 0.2) is 30.3 Å². The van der Waals surface area contributed by atoms with Crippen LogP contribution in [0.1, 0.15) is 23.7 Å². The maximum Gasteiger partial charge on any atom is 0.323 e. The van der Waals surface area contributed by atoms with E-state index in [4.69, 9.17) is 0 Å². The third-order valence-corrected chi connectivity index (χ3v) is 4.20. The number of allylic oxidation sites excluding steroid dienone is 1. The molecular weight excluding hydrogens is 260 g/mol. The van der Waals surface area contributed by atoms with Gasteiger partial charge < -0.3 is 14.9 Å². The Labute approximate surface area is 115 Å². The normalized spacial score (nSPS) is 30.4. The molecule has 3 atom stereocenters. The minimum Gasteiger partial charge on any atom is -0.480 e. The fourth-order valence-electron chi connectivity index (χ4n) is 3.04. The van der Waals surface area contributed by atoms with Gasteiger partial charge in [0.25, 0.3) is 0 Å². The van der Waals surface area contributed by atoms with Gasteiger partial charge in [-0.05, 0) is 29.2 Å². The molecule has 104 valence electrons. The molecule has 2 aliphatic carbocycles. The third-order valence-electron chi connectivity index (χ3n) is 4.20. The molecule has 0 amide bonds. The topological polar surface area (TPSA) is 83.8 Å². The van der Waals surface area contributed by atoms with Gasteiger partial charge in [0, 0.05) is 5.92 Å². The third kappa shape index (κ3) is 1.53. The molecule has 1 fully saturated rings. The fourth-order valence-corrected chi connectivity index (χ4v) is 3.04. The maximum atomic E-state index is 11.8. The van der Waals surface area contributed by atoms with Crippen LogP contribution in [0.25, 0.3) is 5.57 Å². The summed E-state index contributed by atoms with van der Waals surface area (Å²) < 4.78 is 4.63. The highest BCUT2D eigenvalue weighted by atomic mass is 16.5. The Morgan fingerprint density at radius 2 is 2.05 bits per heavy atom. The zero-order chi connectivity index (χ0) is 14.5. The number of carboxylic acid groups (broad SMARTS) is 1. The van der Waals surface area contributed by atoms with Gasteiger partial charge in [0.2, 0.25) is 0 Å². The highest BCUT2D eigenvalue weighted by Gasteiger charge is 2.69. The Balaban J connectivity index is 1.99. The number of carbonyl (C=O) groups excluding carboxylic acids is 1. The second-order valence-corrected chi connectivity index (χ2v) is 5.18. The van der Waals surface area contributed by atoms with Crippen molar-refractivity contribution in [2.24, 2.45) is 11.3 Å². The van der Waals surface area contributed by atoms with Crippen LogP contribution in [-0.4, -0.2) is 29.3 Å². The van der Waals surface area contributed by atoms with Gasteiger partial charge in [-0.1, -0.05) is 24.3 Å². The molecular formula is C15H14O5. The molecule has 2 N–H and O–H groups in total. The molecule has 3 rings (SSSR count). The summed E-state index contributed by atoms with van der Waals surface area (Å²) in [7, 11) is 1.19. The Morgan fingerprint density at radius 1 is 1.35 bits per heavy atom. The van der Waals surface area contributed by atoms with Crippen molar-refractivity contribution in [3.63, 3.8) is 0 Å². The first-order chi connectivity index (χ1) is 9.52. The largest absolute Gasteiger partial charge is 0.480 e. The van der Waals surface area contributed by atoms with Gasteiger partial charge in [-0.3, -0.25) is 9.59 Å². The quantitative estimate of drug-likeness (QED) is 0.642. The van der Waals surface area contributed by atoms with Gasteiger partial charge in [0.05, 0.1) is 13.2 Å². The first kappa shape index (κ1) is 12.9. The van der Waals surface area contributed by atoms with Crippen molar-refractivity contribution in [2.45, 2.75) is 12.5 Å². The van der Waals surface area contributed by atoms with Gasteiger partial charge >= 0.3 is 11.9 Å². The van der Waals surface area contributed by atoms with E-state index in [1.165, 1.54) is 7.11 Å². The number of esters is 1. The van der Waals surface area contributed by atoms with E-state index in [2.05, 4.69) is 4.74 Å². The lowest BCUT2D eigenvalue weighted by atomic mass is 9.95. The predicted molar refractivity (Wildman–Crippen MR) is 69.6 cm³/mol. The zero-order valence-corrected chi connectivity index (χ0v) is 10.9. The van der Waals surface area contributed by atoms with Crippen LogP contribution in [-0.2, 0) is 14.3 Å². The predicted octanol–water partition coefficient (Wildman–Crippen LogP) is 1.38. The van der Waals surface area contributed by atoms with E-state index < -0.39 is 29.4 Å². The number of aliphatic hydroxyl groups is 1. The summed E-state index contributed by atoms with van der Waals surface area (Å²) in [6.07, 6.45) is 1.09. The molecule has 0 spiro atoms. The van der Waals surface area contributed by atoms with E-state index >= 15 is 0 Å². The van der Waals surface area contributed by atoms with Crippen LogP contribution >= 0.6 is 0 Å². The van der Waals surface area contributed by atoms with Gasteiger partial charge in [-0.2, -0.15) is 0 Å². The molecule has 20 heavy (non-hydrogen) atoms. The number of hydrogen-bond acceptors (Lipinski definition) is 4. The van der Waals surface area contributed by atoms with Crippen molar-refractivity contribution in [1.29, 1.82) is 0 Å². The van der Waals surface area contributed by atoms with Crippen LogP contribution in [0.5, 0.6) is 0 Å². The standard InChI is InChI=1S/C15H14O5/c1-20-14(19)15(13(17)18)7-11(15)10-6-12(16)9-5-3-2-4-8(9)10/h2-6,11-12,16H,7H2,1H3,(H,17,18). The summed E-state index contributed by atoms with van der Waals surface area (Å²) in [5.74, 6) is -2.34. The smallest absolute Gasteiger partial charge is 0.323 e. The average Bonchev–Trinajstić information content (AvgIpc) is 3.12. The van der Waals surface area contributed by atoms with Crippen molar-refractivity contribution in [3.8, 4) is 0 Å². The van der Waals surface area contributed by atoms with E-state index in [0.717, 1.165) is 16.7 Å². The number of aliphatic carboxylic acids is 1. The number of aliphatic hydroxyl groups excluding tert-OH is 1. The minimum atomic E-state index is -1.50. The molecule has 1 saturated carbocycles. The van der Waals surface area contributed by atoms with E-state index in [0.29, 0.717) is 0 Å². The van der Waals surface area contributed by atoms with Crippen molar-refractivity contribution < 1.29 is 24.5 Å².